The molecule has 0 bridgehead atoms. The molecular weight excluding hydrogens is 280 g/mol. The quantitative estimate of drug-likeness (QED) is 0.647. The standard InChI is InChI=1S/C17H14N2O3/c1-11(20)22-14-8-9-16-13(10-14)7-6-12-4-2-3-5-15(12)19(16)17(18)21/h2-10H,1H3,(H2,18,21). The second kappa shape index (κ2) is 5.37. The zero-order chi connectivity index (χ0) is 15.7. The third-order valence-electron chi connectivity index (χ3n) is 3.34. The van der Waals surface area contributed by atoms with E-state index in [1.165, 1.54) is 11.8 Å². The summed E-state index contributed by atoms with van der Waals surface area (Å²) in [6, 6.07) is 12.0. The Morgan fingerprint density at radius 2 is 1.68 bits per heavy atom. The Morgan fingerprint density at radius 3 is 2.41 bits per heavy atom. The van der Waals surface area contributed by atoms with Gasteiger partial charge in [-0.1, -0.05) is 30.4 Å². The van der Waals surface area contributed by atoms with Gasteiger partial charge in [-0.3, -0.25) is 9.69 Å². The van der Waals surface area contributed by atoms with Crippen molar-refractivity contribution in [1.29, 1.82) is 0 Å². The van der Waals surface area contributed by atoms with Crippen molar-refractivity contribution < 1.29 is 14.3 Å². The van der Waals surface area contributed by atoms with Crippen LogP contribution in [0, 0.1) is 0 Å². The molecule has 5 nitrogen and oxygen atoms in total. The van der Waals surface area contributed by atoms with Crippen LogP contribution < -0.4 is 15.4 Å². The van der Waals surface area contributed by atoms with E-state index in [-0.39, 0.29) is 0 Å². The first-order valence-corrected chi connectivity index (χ1v) is 6.75. The molecule has 0 unspecified atom stereocenters. The molecule has 22 heavy (non-hydrogen) atoms. The molecule has 5 heteroatoms. The minimum Gasteiger partial charge on any atom is -0.427 e. The molecule has 0 spiro atoms. The highest BCUT2D eigenvalue weighted by molar-refractivity contribution is 6.05. The second-order valence-corrected chi connectivity index (χ2v) is 4.88. The summed E-state index contributed by atoms with van der Waals surface area (Å²) in [6.45, 7) is 1.34. The van der Waals surface area contributed by atoms with Gasteiger partial charge >= 0.3 is 12.0 Å². The second-order valence-electron chi connectivity index (χ2n) is 4.88. The number of fused-ring (bicyclic) bond motifs is 2. The number of nitrogens with zero attached hydrogens (tertiary/aromatic N) is 1. The van der Waals surface area contributed by atoms with Crippen LogP contribution >= 0.6 is 0 Å². The number of nitrogens with two attached hydrogens (primary N) is 1. The highest BCUT2D eigenvalue weighted by atomic mass is 16.5. The number of esters is 1. The maximum atomic E-state index is 11.9. The van der Waals surface area contributed by atoms with Gasteiger partial charge < -0.3 is 10.5 Å². The maximum Gasteiger partial charge on any atom is 0.323 e. The number of urea groups is 1. The molecule has 2 N–H and O–H groups in total. The summed E-state index contributed by atoms with van der Waals surface area (Å²) >= 11 is 0. The molecule has 0 radical (unpaired) electrons. The van der Waals surface area contributed by atoms with E-state index in [2.05, 4.69) is 0 Å². The fourth-order valence-electron chi connectivity index (χ4n) is 2.48. The molecule has 2 aromatic rings. The zero-order valence-corrected chi connectivity index (χ0v) is 11.9. The number of ether oxygens (including phenoxy) is 1. The summed E-state index contributed by atoms with van der Waals surface area (Å²) < 4.78 is 5.09. The molecule has 3 rings (SSSR count). The van der Waals surface area contributed by atoms with Crippen LogP contribution in [0.15, 0.2) is 42.5 Å². The Balaban J connectivity index is 2.17. The fraction of sp³-hybridized carbons (Fsp3) is 0.0588. The molecule has 0 fully saturated rings. The number of primary amides is 1. The van der Waals surface area contributed by atoms with E-state index >= 15 is 0 Å². The van der Waals surface area contributed by atoms with Crippen LogP contribution in [0.1, 0.15) is 18.1 Å². The molecule has 2 aromatic carbocycles. The molecule has 0 saturated heterocycles. The van der Waals surface area contributed by atoms with E-state index in [1.54, 1.807) is 18.2 Å². The van der Waals surface area contributed by atoms with Gasteiger partial charge in [-0.05, 0) is 29.8 Å². The van der Waals surface area contributed by atoms with Crippen LogP contribution in [0.2, 0.25) is 0 Å². The van der Waals surface area contributed by atoms with Crippen LogP contribution in [0.25, 0.3) is 12.2 Å². The molecule has 0 aliphatic carbocycles. The monoisotopic (exact) mass is 294 g/mol. The molecule has 110 valence electrons. The predicted molar refractivity (Wildman–Crippen MR) is 84.8 cm³/mol. The van der Waals surface area contributed by atoms with E-state index in [4.69, 9.17) is 10.5 Å². The number of carbonyl (C=O) groups is 2. The molecule has 1 aliphatic heterocycles. The summed E-state index contributed by atoms with van der Waals surface area (Å²) in [6.07, 6.45) is 3.76. The fourth-order valence-corrected chi connectivity index (χ4v) is 2.48. The highest BCUT2D eigenvalue weighted by Crippen LogP contribution is 2.37. The van der Waals surface area contributed by atoms with Gasteiger partial charge in [0, 0.05) is 12.5 Å². The maximum absolute atomic E-state index is 11.9. The average molecular weight is 294 g/mol. The van der Waals surface area contributed by atoms with Crippen LogP contribution in [-0.2, 0) is 4.79 Å². The largest absolute Gasteiger partial charge is 0.427 e. The number of amides is 2. The number of carbonyl (C=O) groups excluding carboxylic acids is 2. The normalized spacial score (nSPS) is 12.1. The Labute approximate surface area is 127 Å². The van der Waals surface area contributed by atoms with Crippen molar-refractivity contribution in [2.45, 2.75) is 6.92 Å². The Morgan fingerprint density at radius 1 is 1.00 bits per heavy atom. The van der Waals surface area contributed by atoms with Crippen molar-refractivity contribution in [3.05, 3.63) is 53.6 Å². The number of benzene rings is 2. The van der Waals surface area contributed by atoms with Gasteiger partial charge in [-0.25, -0.2) is 4.79 Å². The average Bonchev–Trinajstić information content (AvgIpc) is 2.63. The molecule has 0 saturated carbocycles. The minimum atomic E-state index is -0.572. The summed E-state index contributed by atoms with van der Waals surface area (Å²) in [5, 5.41) is 0. The topological polar surface area (TPSA) is 72.6 Å². The van der Waals surface area contributed by atoms with Crippen LogP contribution in [0.5, 0.6) is 5.75 Å². The van der Waals surface area contributed by atoms with Gasteiger partial charge in [0.2, 0.25) is 0 Å². The Kier molecular flexibility index (Phi) is 3.39. The summed E-state index contributed by atoms with van der Waals surface area (Å²) in [5.41, 5.74) is 8.54. The van der Waals surface area contributed by atoms with Gasteiger partial charge in [0.1, 0.15) is 5.75 Å². The zero-order valence-electron chi connectivity index (χ0n) is 11.9. The molecule has 0 atom stereocenters. The first kappa shape index (κ1) is 13.9. The van der Waals surface area contributed by atoms with E-state index in [0.29, 0.717) is 17.1 Å². The van der Waals surface area contributed by atoms with Gasteiger partial charge in [0.15, 0.2) is 0 Å². The van der Waals surface area contributed by atoms with Crippen molar-refractivity contribution >= 4 is 35.5 Å². The third-order valence-corrected chi connectivity index (χ3v) is 3.34. The van der Waals surface area contributed by atoms with Crippen molar-refractivity contribution in [2.24, 2.45) is 5.73 Å². The van der Waals surface area contributed by atoms with Crippen LogP contribution in [0.4, 0.5) is 16.2 Å². The lowest BCUT2D eigenvalue weighted by atomic mass is 10.1. The SMILES string of the molecule is CC(=O)Oc1ccc2c(c1)C=Cc1ccccc1N2C(N)=O. The Hall–Kier alpha value is -3.08. The van der Waals surface area contributed by atoms with Crippen molar-refractivity contribution in [1.82, 2.24) is 0 Å². The van der Waals surface area contributed by atoms with E-state index < -0.39 is 12.0 Å². The van der Waals surface area contributed by atoms with Gasteiger partial charge in [0.25, 0.3) is 0 Å². The van der Waals surface area contributed by atoms with Crippen molar-refractivity contribution in [2.75, 3.05) is 4.90 Å². The van der Waals surface area contributed by atoms with Crippen molar-refractivity contribution in [3.63, 3.8) is 0 Å². The lowest BCUT2D eigenvalue weighted by Crippen LogP contribution is -2.32. The first-order valence-electron chi connectivity index (χ1n) is 6.75. The molecule has 0 aromatic heterocycles. The predicted octanol–water partition coefficient (Wildman–Crippen LogP) is 3.31. The van der Waals surface area contributed by atoms with Gasteiger partial charge in [-0.2, -0.15) is 0 Å². The lowest BCUT2D eigenvalue weighted by molar-refractivity contribution is -0.131. The summed E-state index contributed by atoms with van der Waals surface area (Å²) in [5.74, 6) is 0.0267. The van der Waals surface area contributed by atoms with E-state index in [1.807, 2.05) is 36.4 Å². The number of hydrogen-bond donors (Lipinski definition) is 1. The lowest BCUT2D eigenvalue weighted by Gasteiger charge is -2.23. The summed E-state index contributed by atoms with van der Waals surface area (Å²) in [4.78, 5) is 24.5. The number of anilines is 2. The van der Waals surface area contributed by atoms with Gasteiger partial charge in [-0.15, -0.1) is 0 Å². The summed E-state index contributed by atoms with van der Waals surface area (Å²) in [7, 11) is 0. The van der Waals surface area contributed by atoms with Crippen LogP contribution in [-0.4, -0.2) is 12.0 Å². The first-order chi connectivity index (χ1) is 10.6. The number of para-hydroxylation sites is 1. The van der Waals surface area contributed by atoms with Crippen molar-refractivity contribution in [3.8, 4) is 5.75 Å². The molecular formula is C17H14N2O3. The number of hydrogen-bond acceptors (Lipinski definition) is 3. The molecule has 2 amide bonds. The highest BCUT2D eigenvalue weighted by Gasteiger charge is 2.22. The smallest absolute Gasteiger partial charge is 0.323 e. The van der Waals surface area contributed by atoms with E-state index in [9.17, 15) is 9.59 Å². The molecule has 1 heterocycles. The van der Waals surface area contributed by atoms with E-state index in [0.717, 1.165) is 11.1 Å². The number of rotatable bonds is 1. The van der Waals surface area contributed by atoms with Crippen LogP contribution in [0.3, 0.4) is 0 Å². The minimum absolute atomic E-state index is 0.396. The molecule has 1 aliphatic rings. The third kappa shape index (κ3) is 2.44. The Bertz CT molecular complexity index is 796. The van der Waals surface area contributed by atoms with Gasteiger partial charge in [0.05, 0.1) is 11.4 Å².